The summed E-state index contributed by atoms with van der Waals surface area (Å²) in [5, 5.41) is 0. The van der Waals surface area contributed by atoms with E-state index in [2.05, 4.69) is 12.1 Å². The quantitative estimate of drug-likeness (QED) is 0.739. The molecule has 5 nitrogen and oxygen atoms in total. The van der Waals surface area contributed by atoms with Gasteiger partial charge in [-0.2, -0.15) is 0 Å². The first kappa shape index (κ1) is 14.0. The summed E-state index contributed by atoms with van der Waals surface area (Å²) in [6.07, 6.45) is 3.64. The number of carbonyl (C=O) groups excluding carboxylic acids is 1. The summed E-state index contributed by atoms with van der Waals surface area (Å²) in [6.45, 7) is 3.57. The Morgan fingerprint density at radius 1 is 1.05 bits per heavy atom. The number of hydrogen-bond donors (Lipinski definition) is 0. The smallest absolute Gasteiger partial charge is 0.324 e. The van der Waals surface area contributed by atoms with Crippen molar-refractivity contribution in [1.82, 2.24) is 4.90 Å². The molecule has 0 N–H and O–H groups in total. The molecule has 0 unspecified atom stereocenters. The minimum atomic E-state index is -0.420. The number of fused-ring (bicyclic) bond motifs is 1. The van der Waals surface area contributed by atoms with E-state index in [0.717, 1.165) is 37.9 Å². The van der Waals surface area contributed by atoms with Crippen LogP contribution in [0.2, 0.25) is 0 Å². The highest BCUT2D eigenvalue weighted by Gasteiger charge is 2.41. The highest BCUT2D eigenvalue weighted by molar-refractivity contribution is 5.93. The van der Waals surface area contributed by atoms with Crippen molar-refractivity contribution in [2.75, 3.05) is 37.7 Å². The van der Waals surface area contributed by atoms with E-state index in [1.165, 1.54) is 5.56 Å². The molecule has 4 rings (SSSR count). The molecule has 3 aliphatic rings. The molecule has 3 aliphatic heterocycles. The zero-order valence-electron chi connectivity index (χ0n) is 12.8. The Kier molecular flexibility index (Phi) is 3.54. The van der Waals surface area contributed by atoms with Crippen LogP contribution in [0.25, 0.3) is 0 Å². The van der Waals surface area contributed by atoms with E-state index in [4.69, 9.17) is 9.47 Å². The maximum Gasteiger partial charge on any atom is 0.324 e. The predicted octanol–water partition coefficient (Wildman–Crippen LogP) is 2.40. The van der Waals surface area contributed by atoms with Crippen LogP contribution >= 0.6 is 0 Å². The maximum atomic E-state index is 12.9. The van der Waals surface area contributed by atoms with Gasteiger partial charge in [0.15, 0.2) is 5.79 Å². The number of anilines is 1. The Hall–Kier alpha value is -1.59. The summed E-state index contributed by atoms with van der Waals surface area (Å²) in [6, 6.07) is 8.36. The van der Waals surface area contributed by atoms with Crippen LogP contribution in [0.15, 0.2) is 24.3 Å². The van der Waals surface area contributed by atoms with Crippen molar-refractivity contribution < 1.29 is 14.3 Å². The summed E-state index contributed by atoms with van der Waals surface area (Å²) in [4.78, 5) is 16.8. The van der Waals surface area contributed by atoms with Gasteiger partial charge in [-0.3, -0.25) is 4.90 Å². The van der Waals surface area contributed by atoms with E-state index >= 15 is 0 Å². The number of rotatable bonds is 0. The van der Waals surface area contributed by atoms with E-state index in [0.29, 0.717) is 26.3 Å². The second-order valence-corrected chi connectivity index (χ2v) is 6.26. The largest absolute Gasteiger partial charge is 0.347 e. The predicted molar refractivity (Wildman–Crippen MR) is 82.9 cm³/mol. The van der Waals surface area contributed by atoms with E-state index < -0.39 is 5.79 Å². The van der Waals surface area contributed by atoms with Gasteiger partial charge in [-0.05, 0) is 24.5 Å². The average Bonchev–Trinajstić information content (AvgIpc) is 3.02. The van der Waals surface area contributed by atoms with Crippen LogP contribution in [0.4, 0.5) is 10.5 Å². The number of amides is 2. The standard InChI is InChI=1S/C17H22N2O3/c20-16(18-10-7-17(8-11-18)21-12-13-22-17)19-9-3-5-14-4-1-2-6-15(14)19/h1-2,4,6H,3,5,7-13H2. The number of carbonyl (C=O) groups is 1. The zero-order chi connectivity index (χ0) is 15.0. The van der Waals surface area contributed by atoms with Crippen molar-refractivity contribution in [2.24, 2.45) is 0 Å². The molecule has 5 heteroatoms. The van der Waals surface area contributed by atoms with Crippen molar-refractivity contribution in [2.45, 2.75) is 31.5 Å². The molecule has 0 radical (unpaired) electrons. The summed E-state index contributed by atoms with van der Waals surface area (Å²) in [5.74, 6) is -0.420. The number of urea groups is 1. The molecule has 0 atom stereocenters. The van der Waals surface area contributed by atoms with Crippen molar-refractivity contribution >= 4 is 11.7 Å². The highest BCUT2D eigenvalue weighted by Crippen LogP contribution is 2.33. The molecule has 2 saturated heterocycles. The summed E-state index contributed by atoms with van der Waals surface area (Å²) in [5.41, 5.74) is 2.35. The highest BCUT2D eigenvalue weighted by atomic mass is 16.7. The molecule has 118 valence electrons. The Labute approximate surface area is 130 Å². The van der Waals surface area contributed by atoms with Crippen LogP contribution in [0.3, 0.4) is 0 Å². The van der Waals surface area contributed by atoms with E-state index in [9.17, 15) is 4.79 Å². The third-order valence-electron chi connectivity index (χ3n) is 4.95. The Balaban J connectivity index is 1.47. The van der Waals surface area contributed by atoms with E-state index in [-0.39, 0.29) is 6.03 Å². The van der Waals surface area contributed by atoms with E-state index in [1.54, 1.807) is 0 Å². The Morgan fingerprint density at radius 2 is 1.77 bits per heavy atom. The van der Waals surface area contributed by atoms with Gasteiger partial charge in [0.2, 0.25) is 0 Å². The monoisotopic (exact) mass is 302 g/mol. The van der Waals surface area contributed by atoms with Crippen LogP contribution in [-0.2, 0) is 15.9 Å². The first-order chi connectivity index (χ1) is 10.8. The zero-order valence-corrected chi connectivity index (χ0v) is 12.8. The maximum absolute atomic E-state index is 12.9. The minimum Gasteiger partial charge on any atom is -0.347 e. The molecule has 0 aliphatic carbocycles. The fourth-order valence-electron chi connectivity index (χ4n) is 3.73. The number of ether oxygens (including phenoxy) is 2. The second kappa shape index (κ2) is 5.56. The number of benzene rings is 1. The number of hydrogen-bond acceptors (Lipinski definition) is 3. The molecular formula is C17H22N2O3. The third-order valence-corrected chi connectivity index (χ3v) is 4.95. The number of aryl methyl sites for hydroxylation is 1. The van der Waals surface area contributed by atoms with Crippen LogP contribution in [0.1, 0.15) is 24.8 Å². The Morgan fingerprint density at radius 3 is 2.55 bits per heavy atom. The summed E-state index contributed by atoms with van der Waals surface area (Å²) < 4.78 is 11.5. The van der Waals surface area contributed by atoms with Crippen LogP contribution in [0, 0.1) is 0 Å². The lowest BCUT2D eigenvalue weighted by Crippen LogP contribution is -2.52. The first-order valence-corrected chi connectivity index (χ1v) is 8.20. The number of piperidine rings is 1. The summed E-state index contributed by atoms with van der Waals surface area (Å²) in [7, 11) is 0. The molecule has 2 amide bonds. The van der Waals surface area contributed by atoms with Crippen molar-refractivity contribution in [3.05, 3.63) is 29.8 Å². The molecule has 22 heavy (non-hydrogen) atoms. The summed E-state index contributed by atoms with van der Waals surface area (Å²) >= 11 is 0. The Bertz CT molecular complexity index is 559. The SMILES string of the molecule is O=C(N1CCC2(CC1)OCCO2)N1CCCc2ccccc21. The van der Waals surface area contributed by atoms with Gasteiger partial charge < -0.3 is 14.4 Å². The molecule has 0 aromatic heterocycles. The van der Waals surface area contributed by atoms with Crippen LogP contribution < -0.4 is 4.90 Å². The van der Waals surface area contributed by atoms with Crippen molar-refractivity contribution in [1.29, 1.82) is 0 Å². The fraction of sp³-hybridized carbons (Fsp3) is 0.588. The van der Waals surface area contributed by atoms with Gasteiger partial charge in [-0.15, -0.1) is 0 Å². The molecule has 0 bridgehead atoms. The van der Waals surface area contributed by atoms with Gasteiger partial charge in [0, 0.05) is 38.2 Å². The van der Waals surface area contributed by atoms with E-state index in [1.807, 2.05) is 21.9 Å². The average molecular weight is 302 g/mol. The number of para-hydroxylation sites is 1. The molecule has 1 aromatic carbocycles. The van der Waals surface area contributed by atoms with Gasteiger partial charge >= 0.3 is 6.03 Å². The number of likely N-dealkylation sites (tertiary alicyclic amines) is 1. The fourth-order valence-corrected chi connectivity index (χ4v) is 3.73. The topological polar surface area (TPSA) is 42.0 Å². The van der Waals surface area contributed by atoms with Gasteiger partial charge in [0.05, 0.1) is 13.2 Å². The third kappa shape index (κ3) is 2.38. The van der Waals surface area contributed by atoms with Gasteiger partial charge in [0.25, 0.3) is 0 Å². The van der Waals surface area contributed by atoms with Crippen molar-refractivity contribution in [3.8, 4) is 0 Å². The first-order valence-electron chi connectivity index (χ1n) is 8.20. The lowest BCUT2D eigenvalue weighted by Gasteiger charge is -2.40. The van der Waals surface area contributed by atoms with Gasteiger partial charge in [-0.1, -0.05) is 18.2 Å². The molecule has 2 fully saturated rings. The lowest BCUT2D eigenvalue weighted by molar-refractivity contribution is -0.181. The van der Waals surface area contributed by atoms with Gasteiger partial charge in [-0.25, -0.2) is 4.79 Å². The molecule has 3 heterocycles. The molecule has 1 aromatic rings. The van der Waals surface area contributed by atoms with Gasteiger partial charge in [0.1, 0.15) is 0 Å². The van der Waals surface area contributed by atoms with Crippen molar-refractivity contribution in [3.63, 3.8) is 0 Å². The molecule has 0 saturated carbocycles. The normalized spacial score (nSPS) is 23.6. The second-order valence-electron chi connectivity index (χ2n) is 6.26. The number of nitrogens with zero attached hydrogens (tertiary/aromatic N) is 2. The molecule has 1 spiro atoms. The lowest BCUT2D eigenvalue weighted by atomic mass is 10.0. The van der Waals surface area contributed by atoms with Crippen LogP contribution in [0.5, 0.6) is 0 Å². The van der Waals surface area contributed by atoms with Crippen LogP contribution in [-0.4, -0.2) is 49.6 Å². The molecular weight excluding hydrogens is 280 g/mol. The minimum absolute atomic E-state index is 0.125.